The number of rotatable bonds is 5. The first-order valence-corrected chi connectivity index (χ1v) is 10.9. The predicted molar refractivity (Wildman–Crippen MR) is 110 cm³/mol. The molecule has 1 aromatic carbocycles. The molecule has 1 aliphatic rings. The molecule has 2 aromatic heterocycles. The molecule has 14 heteroatoms. The van der Waals surface area contributed by atoms with Crippen molar-refractivity contribution in [1.82, 2.24) is 19.1 Å². The fraction of sp³-hybridized carbons (Fsp3) is 0.278. The number of benzene rings is 1. The van der Waals surface area contributed by atoms with Crippen LogP contribution in [0.5, 0.6) is 0 Å². The quantitative estimate of drug-likeness (QED) is 0.570. The molecular weight excluding hydrogens is 471 g/mol. The molecule has 0 unspecified atom stereocenters. The third-order valence-corrected chi connectivity index (χ3v) is 6.38. The second-order valence-corrected chi connectivity index (χ2v) is 9.37. The van der Waals surface area contributed by atoms with Crippen LogP contribution in [0.3, 0.4) is 0 Å². The average Bonchev–Trinajstić information content (AvgIpc) is 3.14. The summed E-state index contributed by atoms with van der Waals surface area (Å²) in [5.74, 6) is 0. The van der Waals surface area contributed by atoms with Crippen molar-refractivity contribution in [1.29, 1.82) is 5.26 Å². The number of nitriles is 1. The van der Waals surface area contributed by atoms with Gasteiger partial charge in [0.25, 0.3) is 10.2 Å². The van der Waals surface area contributed by atoms with Gasteiger partial charge in [0.2, 0.25) is 0 Å². The van der Waals surface area contributed by atoms with Crippen LogP contribution in [0, 0.1) is 11.3 Å². The van der Waals surface area contributed by atoms with Crippen LogP contribution in [0.2, 0.25) is 5.02 Å². The van der Waals surface area contributed by atoms with Crippen molar-refractivity contribution in [3.8, 4) is 6.07 Å². The zero-order valence-corrected chi connectivity index (χ0v) is 17.7. The first-order chi connectivity index (χ1) is 14.9. The van der Waals surface area contributed by atoms with Crippen molar-refractivity contribution in [2.24, 2.45) is 5.14 Å². The van der Waals surface area contributed by atoms with E-state index >= 15 is 0 Å². The lowest BCUT2D eigenvalue weighted by Gasteiger charge is -2.48. The Kier molecular flexibility index (Phi) is 5.29. The first-order valence-electron chi connectivity index (χ1n) is 9.06. The van der Waals surface area contributed by atoms with Gasteiger partial charge in [0.15, 0.2) is 0 Å². The maximum atomic E-state index is 13.4. The van der Waals surface area contributed by atoms with E-state index in [1.54, 1.807) is 0 Å². The zero-order chi connectivity index (χ0) is 23.3. The molecular formula is C18H15ClF3N7O2S. The molecule has 1 saturated heterocycles. The van der Waals surface area contributed by atoms with Gasteiger partial charge in [0.1, 0.15) is 17.3 Å². The summed E-state index contributed by atoms with van der Waals surface area (Å²) >= 11 is 6.02. The van der Waals surface area contributed by atoms with E-state index in [9.17, 15) is 21.6 Å². The molecule has 9 nitrogen and oxygen atoms in total. The van der Waals surface area contributed by atoms with Crippen LogP contribution in [0.1, 0.15) is 11.3 Å². The van der Waals surface area contributed by atoms with Crippen molar-refractivity contribution in [2.45, 2.75) is 11.7 Å². The fourth-order valence-corrected chi connectivity index (χ4v) is 4.53. The highest BCUT2D eigenvalue weighted by Crippen LogP contribution is 2.36. The minimum atomic E-state index is -4.67. The number of nitrogens with one attached hydrogen (secondary N) is 1. The van der Waals surface area contributed by atoms with E-state index in [2.05, 4.69) is 15.4 Å². The van der Waals surface area contributed by atoms with E-state index in [-0.39, 0.29) is 36.4 Å². The number of fused-ring (bicyclic) bond motifs is 1. The Morgan fingerprint density at radius 3 is 2.62 bits per heavy atom. The fourth-order valence-electron chi connectivity index (χ4n) is 3.52. The molecule has 1 aliphatic heterocycles. The van der Waals surface area contributed by atoms with Crippen LogP contribution in [0.4, 0.5) is 18.9 Å². The van der Waals surface area contributed by atoms with Gasteiger partial charge >= 0.3 is 6.18 Å². The maximum Gasteiger partial charge on any atom is 0.433 e. The smallest absolute Gasteiger partial charge is 0.382 e. The summed E-state index contributed by atoms with van der Waals surface area (Å²) in [4.78, 5) is 3.66. The highest BCUT2D eigenvalue weighted by atomic mass is 35.5. The molecule has 32 heavy (non-hydrogen) atoms. The molecule has 0 aliphatic carbocycles. The van der Waals surface area contributed by atoms with Crippen LogP contribution >= 0.6 is 11.6 Å². The van der Waals surface area contributed by atoms with E-state index in [1.807, 2.05) is 6.07 Å². The average molecular weight is 486 g/mol. The second kappa shape index (κ2) is 7.59. The number of hydrogen-bond acceptors (Lipinski definition) is 6. The van der Waals surface area contributed by atoms with Gasteiger partial charge in [-0.2, -0.15) is 36.3 Å². The summed E-state index contributed by atoms with van der Waals surface area (Å²) in [5.41, 5.74) is -1.61. The van der Waals surface area contributed by atoms with Gasteiger partial charge in [-0.05, 0) is 24.3 Å². The SMILES string of the molecule is N#Cc1cnn(C2(CNc3cc(C(F)(F)F)nc4ccc(Cl)cc34)CN(S(N)(=O)=O)C2)c1. The first kappa shape index (κ1) is 22.3. The molecule has 0 saturated carbocycles. The Morgan fingerprint density at radius 1 is 1.31 bits per heavy atom. The molecule has 0 bridgehead atoms. The molecule has 3 N–H and O–H groups in total. The number of pyridine rings is 1. The number of anilines is 1. The number of halogens is 4. The molecule has 0 spiro atoms. The molecule has 4 rings (SSSR count). The van der Waals surface area contributed by atoms with E-state index in [4.69, 9.17) is 22.0 Å². The normalized spacial score (nSPS) is 16.5. The molecule has 0 amide bonds. The monoisotopic (exact) mass is 485 g/mol. The lowest BCUT2D eigenvalue weighted by Crippen LogP contribution is -2.68. The highest BCUT2D eigenvalue weighted by molar-refractivity contribution is 7.86. The Bertz CT molecular complexity index is 1340. The minimum Gasteiger partial charge on any atom is -0.382 e. The molecule has 0 atom stereocenters. The van der Waals surface area contributed by atoms with Crippen molar-refractivity contribution in [2.75, 3.05) is 25.0 Å². The molecule has 3 aromatic rings. The largest absolute Gasteiger partial charge is 0.433 e. The summed E-state index contributed by atoms with van der Waals surface area (Å²) in [6.07, 6.45) is -1.93. The summed E-state index contributed by atoms with van der Waals surface area (Å²) < 4.78 is 65.9. The third kappa shape index (κ3) is 4.09. The van der Waals surface area contributed by atoms with Crippen LogP contribution < -0.4 is 10.5 Å². The lowest BCUT2D eigenvalue weighted by molar-refractivity contribution is -0.140. The number of hydrogen-bond donors (Lipinski definition) is 2. The van der Waals surface area contributed by atoms with Gasteiger partial charge in [-0.15, -0.1) is 0 Å². The minimum absolute atomic E-state index is 0.00546. The van der Waals surface area contributed by atoms with Crippen molar-refractivity contribution >= 4 is 38.4 Å². The van der Waals surface area contributed by atoms with Gasteiger partial charge in [0, 0.05) is 41.9 Å². The Hall–Kier alpha value is -2.92. The number of aromatic nitrogens is 3. The molecule has 1 fully saturated rings. The summed E-state index contributed by atoms with van der Waals surface area (Å²) in [6.45, 7) is -0.170. The van der Waals surface area contributed by atoms with E-state index in [0.717, 1.165) is 10.4 Å². The van der Waals surface area contributed by atoms with Crippen molar-refractivity contribution in [3.05, 3.63) is 52.9 Å². The van der Waals surface area contributed by atoms with Crippen LogP contribution in [-0.4, -0.2) is 47.1 Å². The molecule has 168 valence electrons. The van der Waals surface area contributed by atoms with Crippen LogP contribution in [0.25, 0.3) is 10.9 Å². The topological polar surface area (TPSA) is 130 Å². The van der Waals surface area contributed by atoms with Gasteiger partial charge in [0.05, 0.1) is 17.3 Å². The summed E-state index contributed by atoms with van der Waals surface area (Å²) in [5, 5.41) is 22.0. The predicted octanol–water partition coefficient (Wildman–Crippen LogP) is 2.30. The van der Waals surface area contributed by atoms with Crippen LogP contribution in [-0.2, 0) is 21.9 Å². The van der Waals surface area contributed by atoms with Crippen LogP contribution in [0.15, 0.2) is 36.7 Å². The van der Waals surface area contributed by atoms with Gasteiger partial charge in [-0.1, -0.05) is 11.6 Å². The van der Waals surface area contributed by atoms with Crippen molar-refractivity contribution in [3.63, 3.8) is 0 Å². The highest BCUT2D eigenvalue weighted by Gasteiger charge is 2.49. The van der Waals surface area contributed by atoms with E-state index < -0.39 is 27.6 Å². The van der Waals surface area contributed by atoms with Gasteiger partial charge in [-0.3, -0.25) is 4.68 Å². The van der Waals surface area contributed by atoms with E-state index in [1.165, 1.54) is 35.3 Å². The van der Waals surface area contributed by atoms with E-state index in [0.29, 0.717) is 10.4 Å². The molecule has 0 radical (unpaired) electrons. The van der Waals surface area contributed by atoms with Gasteiger partial charge in [-0.25, -0.2) is 10.1 Å². The summed E-state index contributed by atoms with van der Waals surface area (Å²) in [6, 6.07) is 7.10. The zero-order valence-electron chi connectivity index (χ0n) is 16.1. The Balaban J connectivity index is 1.72. The standard InChI is InChI=1S/C18H15ClF3N7O2S/c19-12-1-2-14-13(3-12)15(4-16(27-14)18(20,21)22)25-8-17(9-28(10-17)32(24,30)31)29-7-11(5-23)6-26-29/h1-4,6-7H,8-10H2,(H,25,27)(H2,24,30,31). The molecule has 3 heterocycles. The third-order valence-electron chi connectivity index (χ3n) is 5.17. The summed E-state index contributed by atoms with van der Waals surface area (Å²) in [7, 11) is -3.97. The Labute approximate surface area is 185 Å². The number of alkyl halides is 3. The maximum absolute atomic E-state index is 13.4. The van der Waals surface area contributed by atoms with Gasteiger partial charge < -0.3 is 5.32 Å². The number of nitrogens with two attached hydrogens (primary N) is 1. The Morgan fingerprint density at radius 2 is 2.03 bits per heavy atom. The number of nitrogens with zero attached hydrogens (tertiary/aromatic N) is 5. The second-order valence-electron chi connectivity index (χ2n) is 7.39. The van der Waals surface area contributed by atoms with Crippen molar-refractivity contribution < 1.29 is 21.6 Å². The lowest BCUT2D eigenvalue weighted by atomic mass is 9.92.